The van der Waals surface area contributed by atoms with E-state index in [1.165, 1.54) is 26.2 Å². The summed E-state index contributed by atoms with van der Waals surface area (Å²) in [6, 6.07) is 14.4. The number of aromatic nitrogens is 2. The fourth-order valence-electron chi connectivity index (χ4n) is 10.7. The van der Waals surface area contributed by atoms with Gasteiger partial charge in [0.05, 0.1) is 85.4 Å². The summed E-state index contributed by atoms with van der Waals surface area (Å²) in [4.78, 5) is 102. The molecule has 0 bridgehead atoms. The van der Waals surface area contributed by atoms with Gasteiger partial charge in [-0.1, -0.05) is 45.4 Å². The molecule has 2 aliphatic rings. The van der Waals surface area contributed by atoms with E-state index in [9.17, 15) is 33.6 Å². The van der Waals surface area contributed by atoms with Crippen LogP contribution in [0.15, 0.2) is 60.8 Å². The van der Waals surface area contributed by atoms with E-state index in [0.717, 1.165) is 22.9 Å². The Morgan fingerprint density at radius 1 is 0.775 bits per heavy atom. The van der Waals surface area contributed by atoms with Crippen molar-refractivity contribution < 1.29 is 71.5 Å². The number of nitrogens with zero attached hydrogens (tertiary/aromatic N) is 3. The van der Waals surface area contributed by atoms with Gasteiger partial charge in [0.25, 0.3) is 5.91 Å². The number of nitrogens with one attached hydrogen (secondary N) is 5. The molecule has 3 aromatic carbocycles. The largest absolute Gasteiger partial charge is 0.493 e. The summed E-state index contributed by atoms with van der Waals surface area (Å²) >= 11 is 6.60. The van der Waals surface area contributed by atoms with Crippen LogP contribution in [0.1, 0.15) is 106 Å². The van der Waals surface area contributed by atoms with Crippen molar-refractivity contribution in [3.63, 3.8) is 0 Å². The number of ether oxygens (including phenoxy) is 8. The Hall–Kier alpha value is -7.61. The Bertz CT molecular complexity index is 3200. The number of hydrogen-bond donors (Lipinski definition) is 6. The average molecular weight is 1260 g/mol. The molecule has 2 aromatic heterocycles. The number of amides is 7. The first-order valence-corrected chi connectivity index (χ1v) is 31.0. The zero-order valence-electron chi connectivity index (χ0n) is 51.8. The Balaban J connectivity index is 0.805. The summed E-state index contributed by atoms with van der Waals surface area (Å²) in [5.74, 6) is -0.637. The molecule has 1 fully saturated rings. The number of anilines is 2. The smallest absolute Gasteiger partial charge is 0.274 e. The molecule has 4 atom stereocenters. The van der Waals surface area contributed by atoms with E-state index < -0.39 is 23.9 Å². The van der Waals surface area contributed by atoms with Crippen molar-refractivity contribution in [1.29, 1.82) is 0 Å². The molecule has 7 rings (SSSR count). The molecule has 7 amide bonds. The Kier molecular flexibility index (Phi) is 27.1. The van der Waals surface area contributed by atoms with Crippen LogP contribution in [0.4, 0.5) is 11.4 Å². The summed E-state index contributed by atoms with van der Waals surface area (Å²) < 4.78 is 45.5. The summed E-state index contributed by atoms with van der Waals surface area (Å²) in [5, 5.41) is 13.0. The van der Waals surface area contributed by atoms with Gasteiger partial charge in [0.15, 0.2) is 11.5 Å². The molecule has 7 N–H and O–H groups in total. The van der Waals surface area contributed by atoms with Gasteiger partial charge in [-0.15, -0.1) is 11.6 Å². The van der Waals surface area contributed by atoms with Crippen LogP contribution in [0.3, 0.4) is 0 Å². The fourth-order valence-corrected chi connectivity index (χ4v) is 10.9. The number of unbranched alkanes of at least 4 members (excludes halogenated alkanes) is 3. The van der Waals surface area contributed by atoms with Crippen LogP contribution in [-0.4, -0.2) is 175 Å². The molecular weight excluding hydrogens is 1170 g/mol. The van der Waals surface area contributed by atoms with E-state index in [-0.39, 0.29) is 92.4 Å². The molecule has 24 nitrogen and oxygen atoms in total. The van der Waals surface area contributed by atoms with Gasteiger partial charge in [-0.25, -0.2) is 0 Å². The topological polar surface area (TPSA) is 303 Å². The number of carbonyl (C=O) groups excluding carboxylic acids is 7. The van der Waals surface area contributed by atoms with E-state index in [2.05, 4.69) is 26.3 Å². The molecule has 0 radical (unpaired) electrons. The van der Waals surface area contributed by atoms with E-state index in [1.807, 2.05) is 44.2 Å². The third-order valence-electron chi connectivity index (χ3n) is 15.4. The average Bonchev–Trinajstić information content (AvgIpc) is 1.70. The van der Waals surface area contributed by atoms with E-state index >= 15 is 0 Å². The number of H-pyrrole nitrogens is 1. The number of hydrogen-bond acceptors (Lipinski definition) is 17. The number of halogens is 1. The number of fused-ring (bicyclic) bond motifs is 4. The SMILES string of the molecule is COc1cc2cc(C(=O)N3CC(CCl)c4c3cc(OCc3ccc(NC(=O)[C@H](CCCCN)NC(=O)[C@@H](NC(=O)CCOCCOCCOCCOCCNC(=O)CCCCCN5C(=O)CC(C)C5=O)C(C)C)cc3)c3ncccc43)[nH]c2c(OC)c1OC. The number of pyridine rings is 1. The zero-order valence-corrected chi connectivity index (χ0v) is 52.6. The van der Waals surface area contributed by atoms with Crippen LogP contribution >= 0.6 is 11.6 Å². The van der Waals surface area contributed by atoms with Crippen molar-refractivity contribution in [3.05, 3.63) is 77.6 Å². The number of rotatable bonds is 39. The molecule has 5 aromatic rings. The lowest BCUT2D eigenvalue weighted by Gasteiger charge is -2.25. The van der Waals surface area contributed by atoms with Crippen LogP contribution in [-0.2, 0) is 54.3 Å². The van der Waals surface area contributed by atoms with E-state index in [4.69, 9.17) is 60.2 Å². The number of imide groups is 1. The fraction of sp³-hybridized carbons (Fsp3) is 0.531. The normalized spacial score (nSPS) is 15.3. The minimum atomic E-state index is -0.923. The second-order valence-electron chi connectivity index (χ2n) is 22.2. The lowest BCUT2D eigenvalue weighted by molar-refractivity contribution is -0.139. The molecule has 4 heterocycles. The van der Waals surface area contributed by atoms with Crippen LogP contribution in [0, 0.1) is 11.8 Å². The number of likely N-dealkylation sites (tertiary alicyclic amines) is 1. The Labute approximate surface area is 524 Å². The molecule has 2 aliphatic heterocycles. The lowest BCUT2D eigenvalue weighted by Crippen LogP contribution is -2.54. The van der Waals surface area contributed by atoms with Crippen molar-refractivity contribution in [2.45, 2.75) is 103 Å². The van der Waals surface area contributed by atoms with Gasteiger partial charge in [0.1, 0.15) is 35.7 Å². The quantitative estimate of drug-likeness (QED) is 0.0138. The van der Waals surface area contributed by atoms with E-state index in [0.29, 0.717) is 154 Å². The first kappa shape index (κ1) is 68.9. The number of methoxy groups -OCH3 is 3. The third kappa shape index (κ3) is 19.0. The molecular formula is C64H86ClN9O15. The maximum atomic E-state index is 14.5. The van der Waals surface area contributed by atoms with Crippen molar-refractivity contribution in [2.24, 2.45) is 17.6 Å². The Morgan fingerprint density at radius 2 is 1.48 bits per heavy atom. The maximum absolute atomic E-state index is 14.5. The molecule has 0 spiro atoms. The molecule has 484 valence electrons. The Morgan fingerprint density at radius 3 is 2.13 bits per heavy atom. The van der Waals surface area contributed by atoms with Gasteiger partial charge in [0.2, 0.25) is 41.2 Å². The second-order valence-corrected chi connectivity index (χ2v) is 22.5. The van der Waals surface area contributed by atoms with Gasteiger partial charge in [-0.2, -0.15) is 0 Å². The van der Waals surface area contributed by atoms with Crippen molar-refractivity contribution in [1.82, 2.24) is 30.8 Å². The highest BCUT2D eigenvalue weighted by atomic mass is 35.5. The van der Waals surface area contributed by atoms with E-state index in [1.54, 1.807) is 42.3 Å². The standard InChI is InChI=1S/C64H86ClN9O15/c1-40(2)56(72-53(76)20-25-85-27-29-87-31-32-88-30-28-86-26-23-67-52(75)15-8-7-11-24-73-54(77)33-41(3)63(73)80)62(79)71-47(14-9-10-21-66)61(78)69-45-18-16-42(17-19-45)39-89-50-36-49-55(46-13-12-22-68-58(46)50)44(37-65)38-74(49)64(81)48-34-43-35-51(82-4)59(83-5)60(84-6)57(43)70-48/h12-13,16-19,22,34-36,40-41,44,47,56,70H,7-11,14-15,20-21,23-33,37-39,66H2,1-6H3,(H,67,75)(H,69,78)(H,71,79)(H,72,76)/t41?,44?,47-,56-/m0/s1. The highest BCUT2D eigenvalue weighted by molar-refractivity contribution is 6.19. The minimum absolute atomic E-state index is 0.00350. The van der Waals surface area contributed by atoms with Gasteiger partial charge in [-0.05, 0) is 86.0 Å². The number of aromatic amines is 1. The van der Waals surface area contributed by atoms with Crippen LogP contribution in [0.5, 0.6) is 23.0 Å². The van der Waals surface area contributed by atoms with Crippen LogP contribution in [0.25, 0.3) is 21.8 Å². The van der Waals surface area contributed by atoms with Crippen molar-refractivity contribution in [2.75, 3.05) is 116 Å². The van der Waals surface area contributed by atoms with Crippen molar-refractivity contribution >= 4 is 86.1 Å². The summed E-state index contributed by atoms with van der Waals surface area (Å²) in [5.41, 5.74) is 10.1. The van der Waals surface area contributed by atoms with Crippen molar-refractivity contribution in [3.8, 4) is 23.0 Å². The number of carbonyl (C=O) groups is 7. The van der Waals surface area contributed by atoms with Gasteiger partial charge in [0, 0.05) is 85.3 Å². The molecule has 89 heavy (non-hydrogen) atoms. The molecule has 25 heteroatoms. The van der Waals surface area contributed by atoms with Crippen LogP contribution in [0.2, 0.25) is 0 Å². The predicted octanol–water partition coefficient (Wildman–Crippen LogP) is 6.52. The number of nitrogens with two attached hydrogens (primary N) is 1. The lowest BCUT2D eigenvalue weighted by atomic mass is 9.97. The summed E-state index contributed by atoms with van der Waals surface area (Å²) in [6.07, 6.45) is 5.97. The highest BCUT2D eigenvalue weighted by Crippen LogP contribution is 2.47. The van der Waals surface area contributed by atoms with Gasteiger partial charge >= 0.3 is 0 Å². The number of alkyl halides is 1. The monoisotopic (exact) mass is 1260 g/mol. The molecule has 0 saturated carbocycles. The van der Waals surface area contributed by atoms with Gasteiger partial charge < -0.3 is 74.8 Å². The minimum Gasteiger partial charge on any atom is -0.493 e. The highest BCUT2D eigenvalue weighted by Gasteiger charge is 2.37. The zero-order chi connectivity index (χ0) is 63.8. The molecule has 0 aliphatic carbocycles. The second kappa shape index (κ2) is 35.0. The third-order valence-corrected chi connectivity index (χ3v) is 15.8. The first-order chi connectivity index (χ1) is 43.1. The maximum Gasteiger partial charge on any atom is 0.274 e. The number of benzene rings is 3. The first-order valence-electron chi connectivity index (χ1n) is 30.5. The molecule has 2 unspecified atom stereocenters. The van der Waals surface area contributed by atoms with Crippen LogP contribution < -0.4 is 50.8 Å². The molecule has 1 saturated heterocycles. The summed E-state index contributed by atoms with van der Waals surface area (Å²) in [6.45, 7) is 9.41. The predicted molar refractivity (Wildman–Crippen MR) is 336 cm³/mol. The van der Waals surface area contributed by atoms with Gasteiger partial charge in [-0.3, -0.25) is 43.4 Å². The summed E-state index contributed by atoms with van der Waals surface area (Å²) in [7, 11) is 4.57.